The third-order valence-corrected chi connectivity index (χ3v) is 3.52. The summed E-state index contributed by atoms with van der Waals surface area (Å²) in [7, 11) is 0. The summed E-state index contributed by atoms with van der Waals surface area (Å²) in [5, 5.41) is 0.395. The van der Waals surface area contributed by atoms with Gasteiger partial charge in [0.2, 0.25) is 0 Å². The molecule has 0 spiro atoms. The van der Waals surface area contributed by atoms with E-state index in [2.05, 4.69) is 0 Å². The van der Waals surface area contributed by atoms with Crippen LogP contribution in [0.4, 0.5) is 12.9 Å². The zero-order valence-corrected chi connectivity index (χ0v) is 8.50. The van der Waals surface area contributed by atoms with Crippen LogP contribution in [-0.2, 0) is 0 Å². The van der Waals surface area contributed by atoms with E-state index in [0.29, 0.717) is 18.3 Å². The van der Waals surface area contributed by atoms with E-state index in [0.717, 1.165) is 12.2 Å². The summed E-state index contributed by atoms with van der Waals surface area (Å²) < 4.78 is 36.3. The van der Waals surface area contributed by atoms with E-state index in [9.17, 15) is 12.9 Å². The minimum atomic E-state index is -4.64. The van der Waals surface area contributed by atoms with Gasteiger partial charge in [0.05, 0.1) is 0 Å². The van der Waals surface area contributed by atoms with E-state index in [1.807, 2.05) is 6.92 Å². The van der Waals surface area contributed by atoms with Crippen molar-refractivity contribution in [3.8, 4) is 0 Å². The highest BCUT2D eigenvalue weighted by atomic mass is 32.2. The fraction of sp³-hybridized carbons (Fsp3) is 1.00. The molecule has 1 aliphatic rings. The molecule has 1 rings (SSSR count). The Morgan fingerprint density at radius 1 is 1.46 bits per heavy atom. The quantitative estimate of drug-likeness (QED) is 0.659. The van der Waals surface area contributed by atoms with Crippen LogP contribution in [0.1, 0.15) is 13.3 Å². The maximum Gasteiger partial charge on any atom is 0.492 e. The summed E-state index contributed by atoms with van der Waals surface area (Å²) in [4.78, 5) is 1.53. The lowest BCUT2D eigenvalue weighted by Gasteiger charge is -2.34. The Balaban J connectivity index is 2.34. The number of nitrogens with zero attached hydrogens (tertiary/aromatic N) is 1. The second-order valence-electron chi connectivity index (χ2n) is 3.37. The van der Waals surface area contributed by atoms with Crippen molar-refractivity contribution in [2.45, 2.75) is 18.6 Å². The van der Waals surface area contributed by atoms with Crippen LogP contribution in [0.3, 0.4) is 0 Å². The standard InChI is InChI=1S/C7H14BF3NS/c1-2-7-5-12(3-4-13-7)6-8(9,10)11/h7H,2-6H2,1H3/q-1. The zero-order valence-electron chi connectivity index (χ0n) is 7.68. The maximum absolute atomic E-state index is 12.1. The molecule has 1 fully saturated rings. The Morgan fingerprint density at radius 3 is 2.69 bits per heavy atom. The smallest absolute Gasteiger partial charge is 0.448 e. The van der Waals surface area contributed by atoms with E-state index in [1.54, 1.807) is 11.8 Å². The van der Waals surface area contributed by atoms with Gasteiger partial charge in [0.1, 0.15) is 0 Å². The Hall–Kier alpha value is 0.165. The number of rotatable bonds is 3. The molecule has 1 atom stereocenters. The average Bonchev–Trinajstić information content (AvgIpc) is 2.01. The summed E-state index contributed by atoms with van der Waals surface area (Å²) in [6, 6.07) is 0. The van der Waals surface area contributed by atoms with Crippen molar-refractivity contribution in [3.63, 3.8) is 0 Å². The largest absolute Gasteiger partial charge is 0.492 e. The van der Waals surface area contributed by atoms with Crippen LogP contribution in [-0.4, -0.2) is 42.4 Å². The molecule has 0 aromatic rings. The second kappa shape index (κ2) is 4.60. The van der Waals surface area contributed by atoms with Gasteiger partial charge in [-0.05, 0) is 12.9 Å². The fourth-order valence-corrected chi connectivity index (χ4v) is 2.73. The zero-order chi connectivity index (χ0) is 9.90. The topological polar surface area (TPSA) is 3.24 Å². The normalized spacial score (nSPS) is 26.3. The Morgan fingerprint density at radius 2 is 2.15 bits per heavy atom. The van der Waals surface area contributed by atoms with Crippen LogP contribution in [0.2, 0.25) is 0 Å². The van der Waals surface area contributed by atoms with Crippen molar-refractivity contribution in [2.24, 2.45) is 0 Å². The number of thioether (sulfide) groups is 1. The van der Waals surface area contributed by atoms with Gasteiger partial charge < -0.3 is 17.8 Å². The molecular formula is C7H14BF3NS-. The van der Waals surface area contributed by atoms with Gasteiger partial charge in [-0.2, -0.15) is 11.8 Å². The first-order chi connectivity index (χ1) is 6.01. The molecule has 0 aliphatic carbocycles. The van der Waals surface area contributed by atoms with Gasteiger partial charge in [-0.25, -0.2) is 0 Å². The third-order valence-electron chi connectivity index (χ3n) is 2.14. The minimum Gasteiger partial charge on any atom is -0.448 e. The van der Waals surface area contributed by atoms with Gasteiger partial charge in [-0.15, -0.1) is 0 Å². The SMILES string of the molecule is CCC1CN(C[B-](F)(F)F)CCS1. The molecule has 1 nitrogen and oxygen atoms in total. The van der Waals surface area contributed by atoms with Crippen molar-refractivity contribution in [1.29, 1.82) is 0 Å². The first-order valence-corrected chi connectivity index (χ1v) is 5.61. The van der Waals surface area contributed by atoms with Gasteiger partial charge in [-0.1, -0.05) is 6.92 Å². The highest BCUT2D eigenvalue weighted by molar-refractivity contribution is 8.00. The van der Waals surface area contributed by atoms with E-state index in [1.165, 1.54) is 4.90 Å². The first kappa shape index (κ1) is 11.2. The lowest BCUT2D eigenvalue weighted by atomic mass is 9.91. The summed E-state index contributed by atoms with van der Waals surface area (Å²) in [5.41, 5.74) is 0. The van der Waals surface area contributed by atoms with E-state index in [-0.39, 0.29) is 0 Å². The van der Waals surface area contributed by atoms with Gasteiger partial charge in [0.15, 0.2) is 0 Å². The second-order valence-corrected chi connectivity index (χ2v) is 4.78. The molecule has 0 N–H and O–H groups in total. The van der Waals surface area contributed by atoms with Crippen molar-refractivity contribution >= 4 is 18.7 Å². The average molecular weight is 212 g/mol. The monoisotopic (exact) mass is 212 g/mol. The van der Waals surface area contributed by atoms with Crippen LogP contribution in [0.25, 0.3) is 0 Å². The molecule has 13 heavy (non-hydrogen) atoms. The van der Waals surface area contributed by atoms with E-state index >= 15 is 0 Å². The number of hydrogen-bond donors (Lipinski definition) is 0. The Kier molecular flexibility index (Phi) is 3.97. The molecule has 0 aromatic heterocycles. The third kappa shape index (κ3) is 4.27. The summed E-state index contributed by atoms with van der Waals surface area (Å²) in [5.74, 6) is 0.838. The summed E-state index contributed by atoms with van der Waals surface area (Å²) in [6.07, 6.45) is 0.281. The van der Waals surface area contributed by atoms with Crippen LogP contribution >= 0.6 is 11.8 Å². The van der Waals surface area contributed by atoms with Crippen LogP contribution in [0.5, 0.6) is 0 Å². The predicted molar refractivity (Wildman–Crippen MR) is 52.1 cm³/mol. The minimum absolute atomic E-state index is 0.395. The Labute approximate surface area is 81.1 Å². The molecule has 0 amide bonds. The number of halogens is 3. The van der Waals surface area contributed by atoms with Gasteiger partial charge in [-0.3, -0.25) is 0 Å². The lowest BCUT2D eigenvalue weighted by molar-refractivity contribution is 0.285. The molecule has 0 aromatic carbocycles. The number of hydrogen-bond acceptors (Lipinski definition) is 2. The van der Waals surface area contributed by atoms with Gasteiger partial charge in [0, 0.05) is 24.1 Å². The molecule has 1 aliphatic heterocycles. The molecule has 1 saturated heterocycles. The highest BCUT2D eigenvalue weighted by Crippen LogP contribution is 2.22. The summed E-state index contributed by atoms with van der Waals surface area (Å²) in [6.45, 7) is -1.43. The molecule has 1 unspecified atom stereocenters. The maximum atomic E-state index is 12.1. The molecule has 0 bridgehead atoms. The molecule has 0 radical (unpaired) electrons. The van der Waals surface area contributed by atoms with Crippen LogP contribution in [0.15, 0.2) is 0 Å². The van der Waals surface area contributed by atoms with E-state index < -0.39 is 13.4 Å². The fourth-order valence-electron chi connectivity index (χ4n) is 1.49. The van der Waals surface area contributed by atoms with Crippen LogP contribution in [0, 0.1) is 0 Å². The van der Waals surface area contributed by atoms with Gasteiger partial charge in [0.25, 0.3) is 0 Å². The lowest BCUT2D eigenvalue weighted by Crippen LogP contribution is -2.45. The molecule has 1 heterocycles. The molecule has 0 saturated carbocycles. The van der Waals surface area contributed by atoms with Crippen molar-refractivity contribution < 1.29 is 12.9 Å². The van der Waals surface area contributed by atoms with E-state index in [4.69, 9.17) is 0 Å². The highest BCUT2D eigenvalue weighted by Gasteiger charge is 2.29. The van der Waals surface area contributed by atoms with Crippen molar-refractivity contribution in [1.82, 2.24) is 4.90 Å². The summed E-state index contributed by atoms with van der Waals surface area (Å²) >= 11 is 1.79. The first-order valence-electron chi connectivity index (χ1n) is 4.56. The molecule has 6 heteroatoms. The molecule has 78 valence electrons. The van der Waals surface area contributed by atoms with Crippen molar-refractivity contribution in [3.05, 3.63) is 0 Å². The van der Waals surface area contributed by atoms with Crippen LogP contribution < -0.4 is 0 Å². The predicted octanol–water partition coefficient (Wildman–Crippen LogP) is 2.20. The van der Waals surface area contributed by atoms with Crippen molar-refractivity contribution in [2.75, 3.05) is 25.3 Å². The molecular weight excluding hydrogens is 198 g/mol. The van der Waals surface area contributed by atoms with Gasteiger partial charge >= 0.3 is 6.98 Å². The Bertz CT molecular complexity index is 164.